The SMILES string of the molecule is CC(C)(C#N)CCCCN1CCC(C)(O)CC1. The first-order valence-corrected chi connectivity index (χ1v) is 6.71. The third-order valence-electron chi connectivity index (χ3n) is 3.76. The Hall–Kier alpha value is -0.590. The molecule has 17 heavy (non-hydrogen) atoms. The summed E-state index contributed by atoms with van der Waals surface area (Å²) in [5, 5.41) is 18.8. The van der Waals surface area contributed by atoms with Crippen LogP contribution in [0.5, 0.6) is 0 Å². The van der Waals surface area contributed by atoms with E-state index in [9.17, 15) is 5.11 Å². The molecule has 0 amide bonds. The van der Waals surface area contributed by atoms with E-state index in [1.165, 1.54) is 0 Å². The molecule has 1 rings (SSSR count). The van der Waals surface area contributed by atoms with Crippen molar-refractivity contribution in [2.45, 2.75) is 58.5 Å². The van der Waals surface area contributed by atoms with Crippen molar-refractivity contribution >= 4 is 0 Å². The van der Waals surface area contributed by atoms with Crippen LogP contribution in [0.2, 0.25) is 0 Å². The van der Waals surface area contributed by atoms with Gasteiger partial charge in [0.15, 0.2) is 0 Å². The van der Waals surface area contributed by atoms with Crippen LogP contribution >= 0.6 is 0 Å². The molecule has 0 unspecified atom stereocenters. The smallest absolute Gasteiger partial charge is 0.0683 e. The van der Waals surface area contributed by atoms with Crippen LogP contribution in [0.15, 0.2) is 0 Å². The van der Waals surface area contributed by atoms with Crippen LogP contribution in [-0.4, -0.2) is 35.2 Å². The highest BCUT2D eigenvalue weighted by molar-refractivity contribution is 4.91. The summed E-state index contributed by atoms with van der Waals surface area (Å²) < 4.78 is 0. The molecule has 0 aliphatic carbocycles. The number of nitrogens with zero attached hydrogens (tertiary/aromatic N) is 2. The number of hydrogen-bond donors (Lipinski definition) is 1. The molecule has 0 bridgehead atoms. The Labute approximate surface area is 105 Å². The number of rotatable bonds is 5. The van der Waals surface area contributed by atoms with Gasteiger partial charge in [-0.1, -0.05) is 6.42 Å². The molecule has 1 saturated heterocycles. The summed E-state index contributed by atoms with van der Waals surface area (Å²) in [6.07, 6.45) is 5.03. The first kappa shape index (κ1) is 14.5. The minimum absolute atomic E-state index is 0.175. The predicted octanol–water partition coefficient (Wildman–Crippen LogP) is 2.55. The van der Waals surface area contributed by atoms with Crippen LogP contribution in [0, 0.1) is 16.7 Å². The van der Waals surface area contributed by atoms with Crippen LogP contribution in [0.4, 0.5) is 0 Å². The normalized spacial score (nSPS) is 21.1. The number of aliphatic hydroxyl groups is 1. The van der Waals surface area contributed by atoms with Crippen molar-refractivity contribution < 1.29 is 5.11 Å². The van der Waals surface area contributed by atoms with E-state index in [0.717, 1.165) is 51.7 Å². The lowest BCUT2D eigenvalue weighted by Crippen LogP contribution is -2.42. The number of unbranched alkanes of at least 4 members (excludes halogenated alkanes) is 1. The van der Waals surface area contributed by atoms with Crippen molar-refractivity contribution in [3.05, 3.63) is 0 Å². The molecule has 3 nitrogen and oxygen atoms in total. The molecule has 1 aliphatic heterocycles. The molecule has 1 fully saturated rings. The van der Waals surface area contributed by atoms with E-state index in [0.29, 0.717) is 0 Å². The van der Waals surface area contributed by atoms with E-state index >= 15 is 0 Å². The lowest BCUT2D eigenvalue weighted by molar-refractivity contribution is -0.00560. The van der Waals surface area contributed by atoms with Gasteiger partial charge in [0.2, 0.25) is 0 Å². The largest absolute Gasteiger partial charge is 0.390 e. The van der Waals surface area contributed by atoms with Gasteiger partial charge >= 0.3 is 0 Å². The zero-order valence-corrected chi connectivity index (χ0v) is 11.5. The molecular weight excluding hydrogens is 212 g/mol. The van der Waals surface area contributed by atoms with Gasteiger partial charge < -0.3 is 10.0 Å². The van der Waals surface area contributed by atoms with E-state index in [-0.39, 0.29) is 5.41 Å². The molecule has 3 heteroatoms. The lowest BCUT2D eigenvalue weighted by atomic mass is 9.89. The Morgan fingerprint density at radius 2 is 1.88 bits per heavy atom. The molecule has 0 aromatic rings. The standard InChI is InChI=1S/C14H26N2O/c1-13(2,12-15)6-4-5-9-16-10-7-14(3,17)8-11-16/h17H,4-11H2,1-3H3. The molecule has 0 aromatic carbocycles. The Morgan fingerprint density at radius 1 is 1.29 bits per heavy atom. The number of hydrogen-bond acceptors (Lipinski definition) is 3. The fraction of sp³-hybridized carbons (Fsp3) is 0.929. The van der Waals surface area contributed by atoms with E-state index in [4.69, 9.17) is 5.26 Å². The third-order valence-corrected chi connectivity index (χ3v) is 3.76. The van der Waals surface area contributed by atoms with Crippen molar-refractivity contribution in [2.24, 2.45) is 5.41 Å². The second-order valence-corrected chi connectivity index (χ2v) is 6.29. The first-order valence-electron chi connectivity index (χ1n) is 6.71. The summed E-state index contributed by atoms with van der Waals surface area (Å²) in [5.74, 6) is 0. The van der Waals surface area contributed by atoms with E-state index in [1.807, 2.05) is 20.8 Å². The van der Waals surface area contributed by atoms with Crippen molar-refractivity contribution in [1.29, 1.82) is 5.26 Å². The minimum Gasteiger partial charge on any atom is -0.390 e. The van der Waals surface area contributed by atoms with Crippen LogP contribution in [-0.2, 0) is 0 Å². The quantitative estimate of drug-likeness (QED) is 0.749. The molecule has 0 aromatic heterocycles. The van der Waals surface area contributed by atoms with E-state index in [1.54, 1.807) is 0 Å². The predicted molar refractivity (Wildman–Crippen MR) is 69.5 cm³/mol. The molecule has 1 N–H and O–H groups in total. The van der Waals surface area contributed by atoms with Crippen LogP contribution in [0.25, 0.3) is 0 Å². The maximum Gasteiger partial charge on any atom is 0.0683 e. The summed E-state index contributed by atoms with van der Waals surface area (Å²) in [5.41, 5.74) is -0.620. The minimum atomic E-state index is -0.445. The van der Waals surface area contributed by atoms with Crippen molar-refractivity contribution in [3.8, 4) is 6.07 Å². The van der Waals surface area contributed by atoms with Gasteiger partial charge in [-0.05, 0) is 53.0 Å². The third kappa shape index (κ3) is 5.52. The highest BCUT2D eigenvalue weighted by Gasteiger charge is 2.26. The number of likely N-dealkylation sites (tertiary alicyclic amines) is 1. The molecule has 0 spiro atoms. The lowest BCUT2D eigenvalue weighted by Gasteiger charge is -2.35. The van der Waals surface area contributed by atoms with Gasteiger partial charge in [0.05, 0.1) is 17.1 Å². The van der Waals surface area contributed by atoms with Crippen LogP contribution in [0.1, 0.15) is 52.9 Å². The number of piperidine rings is 1. The van der Waals surface area contributed by atoms with Gasteiger partial charge in [-0.25, -0.2) is 0 Å². The highest BCUT2D eigenvalue weighted by Crippen LogP contribution is 2.23. The fourth-order valence-electron chi connectivity index (χ4n) is 2.22. The number of nitriles is 1. The fourth-order valence-corrected chi connectivity index (χ4v) is 2.22. The van der Waals surface area contributed by atoms with Gasteiger partial charge in [-0.2, -0.15) is 5.26 Å². The average Bonchev–Trinajstić information content (AvgIpc) is 2.26. The monoisotopic (exact) mass is 238 g/mol. The van der Waals surface area contributed by atoms with E-state index in [2.05, 4.69) is 11.0 Å². The van der Waals surface area contributed by atoms with Gasteiger partial charge in [-0.15, -0.1) is 0 Å². The average molecular weight is 238 g/mol. The van der Waals surface area contributed by atoms with Gasteiger partial charge in [-0.3, -0.25) is 0 Å². The molecule has 0 saturated carbocycles. The zero-order valence-electron chi connectivity index (χ0n) is 11.5. The summed E-state index contributed by atoms with van der Waals surface area (Å²) >= 11 is 0. The van der Waals surface area contributed by atoms with Crippen molar-refractivity contribution in [3.63, 3.8) is 0 Å². The second-order valence-electron chi connectivity index (χ2n) is 6.29. The van der Waals surface area contributed by atoms with Crippen LogP contribution < -0.4 is 0 Å². The maximum absolute atomic E-state index is 9.84. The first-order chi connectivity index (χ1) is 7.85. The Balaban J connectivity index is 2.11. The highest BCUT2D eigenvalue weighted by atomic mass is 16.3. The Bertz CT molecular complexity index is 268. The summed E-state index contributed by atoms with van der Waals surface area (Å²) in [7, 11) is 0. The maximum atomic E-state index is 9.84. The van der Waals surface area contributed by atoms with Gasteiger partial charge in [0.1, 0.15) is 0 Å². The van der Waals surface area contributed by atoms with Gasteiger partial charge in [0.25, 0.3) is 0 Å². The molecule has 1 aliphatic rings. The summed E-state index contributed by atoms with van der Waals surface area (Å²) in [4.78, 5) is 2.43. The Morgan fingerprint density at radius 3 is 2.41 bits per heavy atom. The molecule has 1 heterocycles. The van der Waals surface area contributed by atoms with Crippen LogP contribution in [0.3, 0.4) is 0 Å². The second kappa shape index (κ2) is 5.84. The van der Waals surface area contributed by atoms with Gasteiger partial charge in [0, 0.05) is 13.1 Å². The van der Waals surface area contributed by atoms with E-state index < -0.39 is 5.60 Å². The molecule has 0 atom stereocenters. The molecule has 98 valence electrons. The summed E-state index contributed by atoms with van der Waals surface area (Å²) in [6, 6.07) is 2.34. The summed E-state index contributed by atoms with van der Waals surface area (Å²) in [6.45, 7) is 9.07. The topological polar surface area (TPSA) is 47.3 Å². The Kier molecular flexibility index (Phi) is 4.97. The molecular formula is C14H26N2O. The molecule has 0 radical (unpaired) electrons. The zero-order chi connectivity index (χ0) is 12.9. The van der Waals surface area contributed by atoms with Crippen molar-refractivity contribution in [2.75, 3.05) is 19.6 Å². The van der Waals surface area contributed by atoms with Crippen molar-refractivity contribution in [1.82, 2.24) is 4.90 Å².